The zero-order chi connectivity index (χ0) is 27.9. The molecular formula is C32H35FO6. The lowest BCUT2D eigenvalue weighted by Crippen LogP contribution is -2.27. The zero-order valence-electron chi connectivity index (χ0n) is 23.1. The molecule has 0 amide bonds. The second-order valence-electron chi connectivity index (χ2n) is 11.2. The van der Waals surface area contributed by atoms with Crippen LogP contribution in [0.2, 0.25) is 0 Å². The second-order valence-corrected chi connectivity index (χ2v) is 11.2. The standard InChI is InChI=1S/C32H35FO6/c1-18-12-22(38-17-32(3,4)35)13-19(2)30(18)24-8-10-26(33)31-25(24)9-11-27(31)39-21-6-7-23-20(14-29(34)36-5)16-37-28(23)15-21/h6-8,10,12-13,15,20,27,35H,9,11,14,16-17H2,1-5H3/t20-,27?/m0/s1. The minimum Gasteiger partial charge on any atom is -0.492 e. The number of hydrogen-bond donors (Lipinski definition) is 1. The van der Waals surface area contributed by atoms with Crippen LogP contribution in [0.3, 0.4) is 0 Å². The van der Waals surface area contributed by atoms with Gasteiger partial charge in [-0.3, -0.25) is 4.79 Å². The number of halogens is 1. The van der Waals surface area contributed by atoms with Gasteiger partial charge in [-0.05, 0) is 92.6 Å². The summed E-state index contributed by atoms with van der Waals surface area (Å²) < 4.78 is 38.0. The summed E-state index contributed by atoms with van der Waals surface area (Å²) >= 11 is 0. The lowest BCUT2D eigenvalue weighted by molar-refractivity contribution is -0.141. The van der Waals surface area contributed by atoms with E-state index in [-0.39, 0.29) is 30.7 Å². The van der Waals surface area contributed by atoms with Crippen molar-refractivity contribution in [2.45, 2.75) is 64.6 Å². The van der Waals surface area contributed by atoms with Crippen molar-refractivity contribution >= 4 is 5.97 Å². The van der Waals surface area contributed by atoms with Crippen LogP contribution in [0, 0.1) is 19.7 Å². The van der Waals surface area contributed by atoms with Crippen LogP contribution in [0.5, 0.6) is 17.2 Å². The number of hydrogen-bond acceptors (Lipinski definition) is 6. The maximum Gasteiger partial charge on any atom is 0.306 e. The Morgan fingerprint density at radius 3 is 2.54 bits per heavy atom. The van der Waals surface area contributed by atoms with Crippen LogP contribution < -0.4 is 14.2 Å². The molecule has 0 spiro atoms. The van der Waals surface area contributed by atoms with Gasteiger partial charge in [0, 0.05) is 23.1 Å². The summed E-state index contributed by atoms with van der Waals surface area (Å²) in [6, 6.07) is 12.9. The van der Waals surface area contributed by atoms with E-state index in [0.29, 0.717) is 42.3 Å². The smallest absolute Gasteiger partial charge is 0.306 e. The van der Waals surface area contributed by atoms with Crippen molar-refractivity contribution < 1.29 is 33.2 Å². The summed E-state index contributed by atoms with van der Waals surface area (Å²) in [5.74, 6) is 1.40. The van der Waals surface area contributed by atoms with Crippen molar-refractivity contribution in [3.63, 3.8) is 0 Å². The summed E-state index contributed by atoms with van der Waals surface area (Å²) in [5.41, 5.74) is 5.70. The molecule has 7 heteroatoms. The number of ether oxygens (including phenoxy) is 4. The summed E-state index contributed by atoms with van der Waals surface area (Å²) in [6.07, 6.45) is 1.21. The van der Waals surface area contributed by atoms with Gasteiger partial charge < -0.3 is 24.1 Å². The molecule has 3 aromatic carbocycles. The first-order valence-corrected chi connectivity index (χ1v) is 13.3. The normalized spacial score (nSPS) is 17.8. The van der Waals surface area contributed by atoms with Gasteiger partial charge in [-0.1, -0.05) is 12.1 Å². The Morgan fingerprint density at radius 1 is 1.10 bits per heavy atom. The highest BCUT2D eigenvalue weighted by Crippen LogP contribution is 2.45. The number of rotatable bonds is 8. The van der Waals surface area contributed by atoms with Crippen LogP contribution in [-0.4, -0.2) is 37.0 Å². The fourth-order valence-electron chi connectivity index (χ4n) is 5.67. The topological polar surface area (TPSA) is 74.2 Å². The number of aryl methyl sites for hydroxylation is 2. The Hall–Kier alpha value is -3.58. The van der Waals surface area contributed by atoms with E-state index in [1.807, 2.05) is 50.2 Å². The van der Waals surface area contributed by atoms with Crippen LogP contribution in [0.15, 0.2) is 42.5 Å². The molecule has 1 heterocycles. The highest BCUT2D eigenvalue weighted by atomic mass is 19.1. The lowest BCUT2D eigenvalue weighted by atomic mass is 9.90. The maximum absolute atomic E-state index is 15.3. The molecule has 0 saturated carbocycles. The molecule has 2 aliphatic rings. The zero-order valence-corrected chi connectivity index (χ0v) is 23.1. The molecule has 5 rings (SSSR count). The molecule has 6 nitrogen and oxygen atoms in total. The third-order valence-electron chi connectivity index (χ3n) is 7.43. The van der Waals surface area contributed by atoms with E-state index in [4.69, 9.17) is 18.9 Å². The summed E-state index contributed by atoms with van der Waals surface area (Å²) in [4.78, 5) is 11.7. The fourth-order valence-corrected chi connectivity index (χ4v) is 5.67. The number of methoxy groups -OCH3 is 1. The molecule has 0 fully saturated rings. The highest BCUT2D eigenvalue weighted by Gasteiger charge is 2.32. The van der Waals surface area contributed by atoms with Crippen molar-refractivity contribution in [1.82, 2.24) is 0 Å². The number of carbonyl (C=O) groups is 1. The molecule has 1 aliphatic carbocycles. The Balaban J connectivity index is 1.40. The van der Waals surface area contributed by atoms with Crippen LogP contribution in [0.4, 0.5) is 4.39 Å². The van der Waals surface area contributed by atoms with E-state index < -0.39 is 11.7 Å². The summed E-state index contributed by atoms with van der Waals surface area (Å²) in [6.45, 7) is 8.07. The number of benzene rings is 3. The van der Waals surface area contributed by atoms with Gasteiger partial charge in [-0.25, -0.2) is 4.39 Å². The predicted octanol–water partition coefficient (Wildman–Crippen LogP) is 6.36. The molecule has 1 aliphatic heterocycles. The minimum absolute atomic E-state index is 0.0490. The average Bonchev–Trinajstić information content (AvgIpc) is 3.48. The van der Waals surface area contributed by atoms with Crippen molar-refractivity contribution in [2.24, 2.45) is 0 Å². The van der Waals surface area contributed by atoms with E-state index in [0.717, 1.165) is 33.4 Å². The van der Waals surface area contributed by atoms with Gasteiger partial charge in [-0.2, -0.15) is 0 Å². The van der Waals surface area contributed by atoms with Gasteiger partial charge in [0.15, 0.2) is 0 Å². The first kappa shape index (κ1) is 27.0. The third kappa shape index (κ3) is 5.59. The third-order valence-corrected chi connectivity index (χ3v) is 7.43. The Kier molecular flexibility index (Phi) is 7.29. The van der Waals surface area contributed by atoms with Gasteiger partial charge >= 0.3 is 5.97 Å². The van der Waals surface area contributed by atoms with Gasteiger partial charge in [0.05, 0.1) is 25.7 Å². The maximum atomic E-state index is 15.3. The monoisotopic (exact) mass is 534 g/mol. The van der Waals surface area contributed by atoms with Crippen molar-refractivity contribution in [2.75, 3.05) is 20.3 Å². The first-order chi connectivity index (χ1) is 18.5. The van der Waals surface area contributed by atoms with Crippen LogP contribution in [0.25, 0.3) is 11.1 Å². The van der Waals surface area contributed by atoms with Gasteiger partial charge in [0.2, 0.25) is 0 Å². The molecule has 0 aromatic heterocycles. The van der Waals surface area contributed by atoms with Crippen LogP contribution in [0.1, 0.15) is 66.5 Å². The molecule has 0 saturated heterocycles. The molecule has 39 heavy (non-hydrogen) atoms. The molecule has 0 radical (unpaired) electrons. The number of carbonyl (C=O) groups excluding carboxylic acids is 1. The van der Waals surface area contributed by atoms with E-state index in [9.17, 15) is 9.90 Å². The number of fused-ring (bicyclic) bond motifs is 2. The van der Waals surface area contributed by atoms with E-state index >= 15 is 4.39 Å². The molecule has 1 unspecified atom stereocenters. The number of aliphatic hydroxyl groups is 1. The van der Waals surface area contributed by atoms with Gasteiger partial charge in [0.25, 0.3) is 0 Å². The Labute approximate surface area is 228 Å². The fraction of sp³-hybridized carbons (Fsp3) is 0.406. The van der Waals surface area contributed by atoms with E-state index in [1.165, 1.54) is 13.2 Å². The summed E-state index contributed by atoms with van der Waals surface area (Å²) in [7, 11) is 1.38. The molecule has 1 N–H and O–H groups in total. The van der Waals surface area contributed by atoms with E-state index in [1.54, 1.807) is 13.8 Å². The van der Waals surface area contributed by atoms with Crippen molar-refractivity contribution in [3.05, 3.63) is 76.1 Å². The largest absolute Gasteiger partial charge is 0.492 e. The molecule has 3 aromatic rings. The van der Waals surface area contributed by atoms with Crippen molar-refractivity contribution in [3.8, 4) is 28.4 Å². The molecule has 2 atom stereocenters. The Morgan fingerprint density at radius 2 is 1.85 bits per heavy atom. The predicted molar refractivity (Wildman–Crippen MR) is 146 cm³/mol. The van der Waals surface area contributed by atoms with Gasteiger partial charge in [-0.15, -0.1) is 0 Å². The SMILES string of the molecule is COC(=O)C[C@H]1COc2cc(OC3CCc4c(-c5c(C)cc(OCC(C)(C)O)cc5C)ccc(F)c43)ccc21. The average molecular weight is 535 g/mol. The quantitative estimate of drug-likeness (QED) is 0.339. The Bertz CT molecular complexity index is 1380. The van der Waals surface area contributed by atoms with Crippen LogP contribution in [-0.2, 0) is 16.0 Å². The number of esters is 1. The second kappa shape index (κ2) is 10.5. The van der Waals surface area contributed by atoms with Crippen LogP contribution >= 0.6 is 0 Å². The summed E-state index contributed by atoms with van der Waals surface area (Å²) in [5, 5.41) is 10.0. The first-order valence-electron chi connectivity index (χ1n) is 13.3. The molecular weight excluding hydrogens is 499 g/mol. The van der Waals surface area contributed by atoms with E-state index in [2.05, 4.69) is 0 Å². The minimum atomic E-state index is -0.928. The molecule has 206 valence electrons. The highest BCUT2D eigenvalue weighted by molar-refractivity contribution is 5.76. The lowest BCUT2D eigenvalue weighted by Gasteiger charge is -2.21. The van der Waals surface area contributed by atoms with Crippen molar-refractivity contribution in [1.29, 1.82) is 0 Å². The van der Waals surface area contributed by atoms with Gasteiger partial charge in [0.1, 0.15) is 35.8 Å². The molecule has 0 bridgehead atoms.